The average Bonchev–Trinajstić information content (AvgIpc) is 3.00. The Labute approximate surface area is 130 Å². The lowest BCUT2D eigenvalue weighted by Gasteiger charge is -2.06. The quantitative estimate of drug-likeness (QED) is 0.785. The van der Waals surface area contributed by atoms with Crippen molar-refractivity contribution >= 4 is 11.1 Å². The Morgan fingerprint density at radius 1 is 1.18 bits per heavy atom. The van der Waals surface area contributed by atoms with Crippen LogP contribution >= 0.6 is 0 Å². The number of fused-ring (bicyclic) bond motifs is 1. The highest BCUT2D eigenvalue weighted by atomic mass is 16.3. The SMILES string of the molecule is CCn1nc(C)c(CNCc2cccc3oc(C)nc23)c1C. The van der Waals surface area contributed by atoms with Crippen molar-refractivity contribution < 1.29 is 4.42 Å². The van der Waals surface area contributed by atoms with Crippen LogP contribution in [0.3, 0.4) is 0 Å². The Bertz CT molecular complexity index is 800. The minimum atomic E-state index is 0.707. The van der Waals surface area contributed by atoms with Crippen LogP contribution in [0, 0.1) is 20.8 Å². The fourth-order valence-electron chi connectivity index (χ4n) is 2.88. The second-order valence-electron chi connectivity index (χ2n) is 5.57. The molecule has 5 nitrogen and oxygen atoms in total. The van der Waals surface area contributed by atoms with Crippen LogP contribution in [-0.2, 0) is 19.6 Å². The molecule has 2 heterocycles. The molecular weight excluding hydrogens is 276 g/mol. The normalized spacial score (nSPS) is 11.5. The maximum atomic E-state index is 5.58. The molecule has 0 saturated carbocycles. The molecule has 0 spiro atoms. The van der Waals surface area contributed by atoms with Crippen molar-refractivity contribution in [1.29, 1.82) is 0 Å². The van der Waals surface area contributed by atoms with Crippen molar-refractivity contribution in [3.8, 4) is 0 Å². The maximum absolute atomic E-state index is 5.58. The molecule has 0 amide bonds. The fourth-order valence-corrected chi connectivity index (χ4v) is 2.88. The number of benzene rings is 1. The number of hydrogen-bond donors (Lipinski definition) is 1. The second-order valence-corrected chi connectivity index (χ2v) is 5.57. The van der Waals surface area contributed by atoms with Crippen LogP contribution in [0.15, 0.2) is 22.6 Å². The second kappa shape index (κ2) is 5.93. The van der Waals surface area contributed by atoms with Gasteiger partial charge in [-0.05, 0) is 32.4 Å². The van der Waals surface area contributed by atoms with Gasteiger partial charge in [-0.25, -0.2) is 4.98 Å². The minimum Gasteiger partial charge on any atom is -0.441 e. The summed E-state index contributed by atoms with van der Waals surface area (Å²) >= 11 is 0. The highest BCUT2D eigenvalue weighted by molar-refractivity contribution is 5.76. The largest absolute Gasteiger partial charge is 0.441 e. The zero-order valence-electron chi connectivity index (χ0n) is 13.6. The van der Waals surface area contributed by atoms with Crippen molar-refractivity contribution in [3.05, 3.63) is 46.6 Å². The molecule has 0 fully saturated rings. The number of nitrogens with zero attached hydrogens (tertiary/aromatic N) is 3. The van der Waals surface area contributed by atoms with Gasteiger partial charge in [-0.15, -0.1) is 0 Å². The van der Waals surface area contributed by atoms with E-state index in [1.807, 2.05) is 23.7 Å². The van der Waals surface area contributed by atoms with Gasteiger partial charge in [0.2, 0.25) is 0 Å². The molecule has 3 aromatic rings. The van der Waals surface area contributed by atoms with Gasteiger partial charge in [0.15, 0.2) is 11.5 Å². The third kappa shape index (κ3) is 2.64. The molecule has 5 heteroatoms. The lowest BCUT2D eigenvalue weighted by Crippen LogP contribution is -2.14. The van der Waals surface area contributed by atoms with Gasteiger partial charge in [0.25, 0.3) is 0 Å². The van der Waals surface area contributed by atoms with E-state index in [1.165, 1.54) is 11.3 Å². The first-order valence-corrected chi connectivity index (χ1v) is 7.68. The monoisotopic (exact) mass is 298 g/mol. The molecule has 1 aromatic carbocycles. The molecule has 0 bridgehead atoms. The molecule has 0 unspecified atom stereocenters. The van der Waals surface area contributed by atoms with E-state index in [-0.39, 0.29) is 0 Å². The molecule has 2 aromatic heterocycles. The average molecular weight is 298 g/mol. The number of oxazole rings is 1. The number of hydrogen-bond acceptors (Lipinski definition) is 4. The number of para-hydroxylation sites is 1. The third-order valence-corrected chi connectivity index (χ3v) is 4.06. The van der Waals surface area contributed by atoms with Gasteiger partial charge in [0.05, 0.1) is 5.69 Å². The van der Waals surface area contributed by atoms with Crippen LogP contribution in [0.2, 0.25) is 0 Å². The zero-order chi connectivity index (χ0) is 15.7. The minimum absolute atomic E-state index is 0.707. The predicted octanol–water partition coefficient (Wildman–Crippen LogP) is 3.26. The Hall–Kier alpha value is -2.14. The van der Waals surface area contributed by atoms with Crippen molar-refractivity contribution in [3.63, 3.8) is 0 Å². The van der Waals surface area contributed by atoms with Gasteiger partial charge in [0, 0.05) is 37.8 Å². The van der Waals surface area contributed by atoms with E-state index < -0.39 is 0 Å². The summed E-state index contributed by atoms with van der Waals surface area (Å²) in [6, 6.07) is 6.06. The Morgan fingerprint density at radius 2 is 2.00 bits per heavy atom. The molecule has 0 saturated heterocycles. The Kier molecular flexibility index (Phi) is 3.98. The maximum Gasteiger partial charge on any atom is 0.192 e. The molecule has 0 aliphatic rings. The lowest BCUT2D eigenvalue weighted by molar-refractivity contribution is 0.561. The van der Waals surface area contributed by atoms with E-state index in [1.54, 1.807) is 0 Å². The van der Waals surface area contributed by atoms with Crippen molar-refractivity contribution in [1.82, 2.24) is 20.1 Å². The zero-order valence-corrected chi connectivity index (χ0v) is 13.6. The van der Waals surface area contributed by atoms with Gasteiger partial charge >= 0.3 is 0 Å². The molecular formula is C17H22N4O. The number of aromatic nitrogens is 3. The van der Waals surface area contributed by atoms with E-state index in [9.17, 15) is 0 Å². The van der Waals surface area contributed by atoms with E-state index >= 15 is 0 Å². The summed E-state index contributed by atoms with van der Waals surface area (Å²) in [6.07, 6.45) is 0. The number of nitrogens with one attached hydrogen (secondary N) is 1. The van der Waals surface area contributed by atoms with Crippen LogP contribution in [0.4, 0.5) is 0 Å². The first-order chi connectivity index (χ1) is 10.6. The molecule has 3 rings (SSSR count). The van der Waals surface area contributed by atoms with E-state index in [0.717, 1.165) is 42.0 Å². The topological polar surface area (TPSA) is 55.9 Å². The molecule has 0 radical (unpaired) electrons. The van der Waals surface area contributed by atoms with Crippen molar-refractivity contribution in [2.24, 2.45) is 0 Å². The van der Waals surface area contributed by atoms with Crippen LogP contribution in [0.5, 0.6) is 0 Å². The van der Waals surface area contributed by atoms with E-state index in [0.29, 0.717) is 5.89 Å². The van der Waals surface area contributed by atoms with Crippen LogP contribution in [-0.4, -0.2) is 14.8 Å². The number of aryl methyl sites for hydroxylation is 3. The van der Waals surface area contributed by atoms with Gasteiger partial charge in [-0.2, -0.15) is 5.10 Å². The van der Waals surface area contributed by atoms with Crippen molar-refractivity contribution in [2.45, 2.75) is 47.3 Å². The summed E-state index contributed by atoms with van der Waals surface area (Å²) < 4.78 is 7.63. The van der Waals surface area contributed by atoms with Crippen LogP contribution in [0.25, 0.3) is 11.1 Å². The van der Waals surface area contributed by atoms with Crippen LogP contribution < -0.4 is 5.32 Å². The van der Waals surface area contributed by atoms with Gasteiger partial charge in [-0.3, -0.25) is 4.68 Å². The first-order valence-electron chi connectivity index (χ1n) is 7.68. The number of rotatable bonds is 5. The molecule has 0 atom stereocenters. The molecule has 116 valence electrons. The smallest absolute Gasteiger partial charge is 0.192 e. The Morgan fingerprint density at radius 3 is 2.73 bits per heavy atom. The summed E-state index contributed by atoms with van der Waals surface area (Å²) in [7, 11) is 0. The van der Waals surface area contributed by atoms with Crippen molar-refractivity contribution in [2.75, 3.05) is 0 Å². The predicted molar refractivity (Wildman–Crippen MR) is 86.7 cm³/mol. The van der Waals surface area contributed by atoms with E-state index in [2.05, 4.69) is 42.2 Å². The highest BCUT2D eigenvalue weighted by Crippen LogP contribution is 2.19. The fraction of sp³-hybridized carbons (Fsp3) is 0.412. The summed E-state index contributed by atoms with van der Waals surface area (Å²) in [5.74, 6) is 0.707. The summed E-state index contributed by atoms with van der Waals surface area (Å²) in [5.41, 5.74) is 6.58. The third-order valence-electron chi connectivity index (χ3n) is 4.06. The molecule has 0 aliphatic heterocycles. The standard InChI is InChI=1S/C17H22N4O/c1-5-21-12(3)15(11(2)20-21)10-18-9-14-7-6-8-16-17(14)19-13(4)22-16/h6-8,18H,5,9-10H2,1-4H3. The lowest BCUT2D eigenvalue weighted by atomic mass is 10.1. The summed E-state index contributed by atoms with van der Waals surface area (Å²) in [5, 5.41) is 8.06. The van der Waals surface area contributed by atoms with E-state index in [4.69, 9.17) is 4.42 Å². The summed E-state index contributed by atoms with van der Waals surface area (Å²) in [6.45, 7) is 10.7. The van der Waals surface area contributed by atoms with Crippen LogP contribution in [0.1, 0.15) is 35.3 Å². The van der Waals surface area contributed by atoms with Gasteiger partial charge in [-0.1, -0.05) is 12.1 Å². The molecule has 1 N–H and O–H groups in total. The Balaban J connectivity index is 1.74. The molecule has 0 aliphatic carbocycles. The highest BCUT2D eigenvalue weighted by Gasteiger charge is 2.11. The summed E-state index contributed by atoms with van der Waals surface area (Å²) in [4.78, 5) is 4.47. The van der Waals surface area contributed by atoms with Gasteiger partial charge in [0.1, 0.15) is 5.52 Å². The molecule has 22 heavy (non-hydrogen) atoms. The first kappa shape index (κ1) is 14.8. The van der Waals surface area contributed by atoms with Gasteiger partial charge < -0.3 is 9.73 Å².